The van der Waals surface area contributed by atoms with Crippen molar-refractivity contribution >= 4 is 5.95 Å². The second-order valence-corrected chi connectivity index (χ2v) is 4.72. The van der Waals surface area contributed by atoms with E-state index in [-0.39, 0.29) is 0 Å². The molecule has 1 aromatic carbocycles. The van der Waals surface area contributed by atoms with Gasteiger partial charge >= 0.3 is 5.69 Å². The first-order valence-corrected chi connectivity index (χ1v) is 6.98. The molecule has 0 aliphatic rings. The van der Waals surface area contributed by atoms with E-state index in [1.807, 2.05) is 18.2 Å². The third-order valence-electron chi connectivity index (χ3n) is 3.14. The minimum atomic E-state index is -0.427. The highest BCUT2D eigenvalue weighted by atomic mass is 16.1. The molecular weight excluding hydrogens is 278 g/mol. The molecule has 0 bridgehead atoms. The van der Waals surface area contributed by atoms with Crippen molar-refractivity contribution in [1.82, 2.24) is 19.9 Å². The molecule has 0 unspecified atom stereocenters. The molecule has 0 fully saturated rings. The zero-order chi connectivity index (χ0) is 15.2. The summed E-state index contributed by atoms with van der Waals surface area (Å²) in [4.78, 5) is 26.4. The minimum absolute atomic E-state index is 0.325. The van der Waals surface area contributed by atoms with E-state index in [4.69, 9.17) is 0 Å². The Balaban J connectivity index is 1.72. The van der Waals surface area contributed by atoms with Gasteiger partial charge in [-0.25, -0.2) is 4.79 Å². The molecule has 3 aromatic rings. The van der Waals surface area contributed by atoms with Crippen molar-refractivity contribution in [2.45, 2.75) is 6.42 Å². The highest BCUT2D eigenvalue weighted by Gasteiger charge is 2.04. The van der Waals surface area contributed by atoms with Gasteiger partial charge in [0, 0.05) is 24.5 Å². The van der Waals surface area contributed by atoms with E-state index in [0.29, 0.717) is 18.3 Å². The molecule has 0 aliphatic carbocycles. The monoisotopic (exact) mass is 293 g/mol. The van der Waals surface area contributed by atoms with Gasteiger partial charge < -0.3 is 5.32 Å². The van der Waals surface area contributed by atoms with Crippen molar-refractivity contribution in [3.8, 4) is 11.4 Å². The normalized spacial score (nSPS) is 10.4. The Morgan fingerprint density at radius 3 is 2.55 bits per heavy atom. The summed E-state index contributed by atoms with van der Waals surface area (Å²) >= 11 is 0. The molecule has 2 heterocycles. The van der Waals surface area contributed by atoms with Crippen LogP contribution in [0.2, 0.25) is 0 Å². The zero-order valence-electron chi connectivity index (χ0n) is 11.9. The first kappa shape index (κ1) is 13.9. The minimum Gasteiger partial charge on any atom is -0.354 e. The second kappa shape index (κ2) is 6.62. The van der Waals surface area contributed by atoms with Crippen LogP contribution in [0.1, 0.15) is 5.56 Å². The molecular formula is C16H15N5O. The Kier molecular flexibility index (Phi) is 4.20. The number of aromatic nitrogens is 4. The van der Waals surface area contributed by atoms with Crippen molar-refractivity contribution in [2.24, 2.45) is 0 Å². The van der Waals surface area contributed by atoms with Crippen LogP contribution in [-0.4, -0.2) is 26.5 Å². The number of anilines is 1. The van der Waals surface area contributed by atoms with Gasteiger partial charge in [-0.3, -0.25) is 9.97 Å². The average molecular weight is 293 g/mol. The van der Waals surface area contributed by atoms with E-state index < -0.39 is 5.69 Å². The number of rotatable bonds is 5. The third kappa shape index (κ3) is 3.54. The van der Waals surface area contributed by atoms with Gasteiger partial charge in [0.05, 0.1) is 0 Å². The number of hydrogen-bond donors (Lipinski definition) is 2. The number of nitrogens with one attached hydrogen (secondary N) is 2. The second-order valence-electron chi connectivity index (χ2n) is 4.72. The molecule has 6 heteroatoms. The van der Waals surface area contributed by atoms with E-state index in [0.717, 1.165) is 12.0 Å². The maximum Gasteiger partial charge on any atom is 0.349 e. The van der Waals surface area contributed by atoms with Crippen LogP contribution in [-0.2, 0) is 6.42 Å². The van der Waals surface area contributed by atoms with Gasteiger partial charge in [-0.15, -0.1) is 0 Å². The number of hydrogen-bond acceptors (Lipinski definition) is 5. The topological polar surface area (TPSA) is 83.6 Å². The lowest BCUT2D eigenvalue weighted by molar-refractivity contribution is 0.942. The summed E-state index contributed by atoms with van der Waals surface area (Å²) in [5.41, 5.74) is 1.58. The fourth-order valence-electron chi connectivity index (χ4n) is 2.07. The largest absolute Gasteiger partial charge is 0.354 e. The van der Waals surface area contributed by atoms with Gasteiger partial charge in [0.15, 0.2) is 0 Å². The van der Waals surface area contributed by atoms with E-state index >= 15 is 0 Å². The van der Waals surface area contributed by atoms with Crippen molar-refractivity contribution in [3.05, 3.63) is 70.9 Å². The van der Waals surface area contributed by atoms with Crippen LogP contribution in [0.5, 0.6) is 0 Å². The lowest BCUT2D eigenvalue weighted by Crippen LogP contribution is -2.18. The highest BCUT2D eigenvalue weighted by molar-refractivity contribution is 5.54. The number of nitrogens with zero attached hydrogens (tertiary/aromatic N) is 3. The molecule has 22 heavy (non-hydrogen) atoms. The fourth-order valence-corrected chi connectivity index (χ4v) is 2.07. The molecule has 6 nitrogen and oxygen atoms in total. The molecule has 0 saturated carbocycles. The van der Waals surface area contributed by atoms with E-state index in [1.165, 1.54) is 5.56 Å². The molecule has 3 rings (SSSR count). The molecule has 2 N–H and O–H groups in total. The van der Waals surface area contributed by atoms with Crippen LogP contribution >= 0.6 is 0 Å². The molecule has 0 aliphatic heterocycles. The van der Waals surface area contributed by atoms with Crippen LogP contribution in [0.4, 0.5) is 5.95 Å². The number of aromatic amines is 1. The molecule has 0 saturated heterocycles. The summed E-state index contributed by atoms with van der Waals surface area (Å²) in [7, 11) is 0. The van der Waals surface area contributed by atoms with Gasteiger partial charge in [-0.2, -0.15) is 9.97 Å². The summed E-state index contributed by atoms with van der Waals surface area (Å²) < 4.78 is 0. The average Bonchev–Trinajstić information content (AvgIpc) is 2.56. The predicted octanol–water partition coefficient (Wildman–Crippen LogP) is 1.88. The Bertz CT molecular complexity index is 786. The highest BCUT2D eigenvalue weighted by Crippen LogP contribution is 2.12. The molecule has 0 spiro atoms. The molecule has 110 valence electrons. The van der Waals surface area contributed by atoms with Crippen LogP contribution in [0.25, 0.3) is 11.4 Å². The van der Waals surface area contributed by atoms with E-state index in [2.05, 4.69) is 37.4 Å². The standard InChI is InChI=1S/C16H15N5O/c22-16-20-14(13-7-9-17-10-8-13)19-15(21-16)18-11-6-12-4-2-1-3-5-12/h1-5,7-10H,6,11H2,(H2,18,19,20,21,22). The maximum atomic E-state index is 11.7. The molecule has 0 radical (unpaired) electrons. The number of benzene rings is 1. The Hall–Kier alpha value is -3.02. The van der Waals surface area contributed by atoms with Crippen molar-refractivity contribution in [3.63, 3.8) is 0 Å². The van der Waals surface area contributed by atoms with Crippen molar-refractivity contribution in [2.75, 3.05) is 11.9 Å². The summed E-state index contributed by atoms with van der Waals surface area (Å²) in [6, 6.07) is 13.7. The maximum absolute atomic E-state index is 11.7. The number of pyridine rings is 1. The van der Waals surface area contributed by atoms with Gasteiger partial charge in [0.25, 0.3) is 0 Å². The first-order valence-electron chi connectivity index (χ1n) is 6.98. The lowest BCUT2D eigenvalue weighted by Gasteiger charge is -2.06. The Morgan fingerprint density at radius 2 is 1.77 bits per heavy atom. The SMILES string of the molecule is O=c1nc(NCCc2ccccc2)nc(-c2ccncc2)[nH]1. The zero-order valence-corrected chi connectivity index (χ0v) is 11.9. The van der Waals surface area contributed by atoms with Crippen LogP contribution in [0, 0.1) is 0 Å². The molecule has 0 amide bonds. The molecule has 0 atom stereocenters. The molecule has 2 aromatic heterocycles. The van der Waals surface area contributed by atoms with E-state index in [9.17, 15) is 4.79 Å². The predicted molar refractivity (Wildman–Crippen MR) is 84.5 cm³/mol. The summed E-state index contributed by atoms with van der Waals surface area (Å²) in [6.45, 7) is 0.656. The quantitative estimate of drug-likeness (QED) is 0.750. The Morgan fingerprint density at radius 1 is 1.00 bits per heavy atom. The Labute approximate surface area is 127 Å². The summed E-state index contributed by atoms with van der Waals surface area (Å²) in [5, 5.41) is 3.09. The third-order valence-corrected chi connectivity index (χ3v) is 3.14. The lowest BCUT2D eigenvalue weighted by atomic mass is 10.1. The fraction of sp³-hybridized carbons (Fsp3) is 0.125. The van der Waals surface area contributed by atoms with Crippen LogP contribution in [0.15, 0.2) is 59.7 Å². The van der Waals surface area contributed by atoms with E-state index in [1.54, 1.807) is 24.5 Å². The summed E-state index contributed by atoms with van der Waals surface area (Å²) in [6.07, 6.45) is 4.14. The van der Waals surface area contributed by atoms with Gasteiger partial charge in [0.1, 0.15) is 5.82 Å². The van der Waals surface area contributed by atoms with Gasteiger partial charge in [-0.1, -0.05) is 30.3 Å². The van der Waals surface area contributed by atoms with Gasteiger partial charge in [-0.05, 0) is 24.1 Å². The summed E-state index contributed by atoms with van der Waals surface area (Å²) in [5.74, 6) is 0.802. The van der Waals surface area contributed by atoms with Crippen LogP contribution in [0.3, 0.4) is 0 Å². The van der Waals surface area contributed by atoms with Crippen LogP contribution < -0.4 is 11.0 Å². The van der Waals surface area contributed by atoms with Crippen molar-refractivity contribution in [1.29, 1.82) is 0 Å². The number of H-pyrrole nitrogens is 1. The first-order chi connectivity index (χ1) is 10.8. The van der Waals surface area contributed by atoms with Gasteiger partial charge in [0.2, 0.25) is 5.95 Å². The smallest absolute Gasteiger partial charge is 0.349 e. The van der Waals surface area contributed by atoms with Crippen molar-refractivity contribution < 1.29 is 0 Å².